The van der Waals surface area contributed by atoms with E-state index in [0.29, 0.717) is 47.3 Å². The highest BCUT2D eigenvalue weighted by atomic mass is 16.5. The van der Waals surface area contributed by atoms with Crippen molar-refractivity contribution >= 4 is 22.7 Å². The lowest BCUT2D eigenvalue weighted by molar-refractivity contribution is -0.140. The Kier molecular flexibility index (Phi) is 6.22. The van der Waals surface area contributed by atoms with Gasteiger partial charge in [-0.2, -0.15) is 0 Å². The number of esters is 1. The van der Waals surface area contributed by atoms with Gasteiger partial charge in [-0.05, 0) is 56.5 Å². The molecule has 5 rings (SSSR count). The van der Waals surface area contributed by atoms with Crippen LogP contribution in [-0.2, 0) is 20.9 Å². The first-order valence-corrected chi connectivity index (χ1v) is 11.9. The van der Waals surface area contributed by atoms with E-state index in [4.69, 9.17) is 13.9 Å². The SMILES string of the molecule is COc1ccc(COC(=O)C2=C(C)NC3=C(C(=O)CCC3)C2c2coc3ccc(C)cc3c2=O)cc1. The Morgan fingerprint density at radius 2 is 1.86 bits per heavy atom. The minimum atomic E-state index is -0.862. The van der Waals surface area contributed by atoms with E-state index in [-0.39, 0.29) is 29.0 Å². The van der Waals surface area contributed by atoms with Gasteiger partial charge < -0.3 is 19.2 Å². The third-order valence-corrected chi connectivity index (χ3v) is 6.79. The number of hydrogen-bond acceptors (Lipinski definition) is 7. The van der Waals surface area contributed by atoms with E-state index in [1.807, 2.05) is 25.1 Å². The fraction of sp³-hybridized carbons (Fsp3) is 0.276. The molecule has 1 aliphatic heterocycles. The van der Waals surface area contributed by atoms with Crippen molar-refractivity contribution in [3.8, 4) is 5.75 Å². The summed E-state index contributed by atoms with van der Waals surface area (Å²) in [6.07, 6.45) is 3.13. The second kappa shape index (κ2) is 9.49. The van der Waals surface area contributed by atoms with Crippen LogP contribution in [0.1, 0.15) is 48.8 Å². The maximum Gasteiger partial charge on any atom is 0.337 e. The molecule has 0 saturated heterocycles. The summed E-state index contributed by atoms with van der Waals surface area (Å²) < 4.78 is 16.7. The highest BCUT2D eigenvalue weighted by molar-refractivity contribution is 6.04. The highest BCUT2D eigenvalue weighted by Gasteiger charge is 2.40. The molecular formula is C29H27NO6. The Hall–Kier alpha value is -4.13. The average Bonchev–Trinajstić information content (AvgIpc) is 2.87. The molecule has 2 heterocycles. The van der Waals surface area contributed by atoms with Crippen molar-refractivity contribution in [2.24, 2.45) is 0 Å². The van der Waals surface area contributed by atoms with E-state index in [0.717, 1.165) is 16.8 Å². The number of aryl methyl sites for hydroxylation is 1. The van der Waals surface area contributed by atoms with Gasteiger partial charge in [0.25, 0.3) is 0 Å². The van der Waals surface area contributed by atoms with Crippen LogP contribution in [0.15, 0.2) is 80.5 Å². The predicted octanol–water partition coefficient (Wildman–Crippen LogP) is 4.82. The summed E-state index contributed by atoms with van der Waals surface area (Å²) in [5.41, 5.74) is 4.17. The molecule has 2 aliphatic rings. The van der Waals surface area contributed by atoms with E-state index in [1.165, 1.54) is 6.26 Å². The highest BCUT2D eigenvalue weighted by Crippen LogP contribution is 2.42. The van der Waals surface area contributed by atoms with Crippen molar-refractivity contribution in [1.29, 1.82) is 0 Å². The Balaban J connectivity index is 1.57. The summed E-state index contributed by atoms with van der Waals surface area (Å²) >= 11 is 0. The van der Waals surface area contributed by atoms with Crippen LogP contribution in [0.2, 0.25) is 0 Å². The summed E-state index contributed by atoms with van der Waals surface area (Å²) in [6, 6.07) is 12.6. The van der Waals surface area contributed by atoms with E-state index >= 15 is 0 Å². The number of dihydropyridines is 1. The number of ether oxygens (including phenoxy) is 2. The van der Waals surface area contributed by atoms with Crippen LogP contribution < -0.4 is 15.5 Å². The first-order valence-electron chi connectivity index (χ1n) is 11.9. The molecular weight excluding hydrogens is 458 g/mol. The molecule has 3 aromatic rings. The summed E-state index contributed by atoms with van der Waals surface area (Å²) in [4.78, 5) is 40.3. The predicted molar refractivity (Wildman–Crippen MR) is 134 cm³/mol. The number of Topliss-reactive ketones (excluding diaryl/α,β-unsaturated/α-hetero) is 1. The number of allylic oxidation sites excluding steroid dienone is 3. The zero-order chi connectivity index (χ0) is 25.4. The van der Waals surface area contributed by atoms with E-state index in [1.54, 1.807) is 38.3 Å². The summed E-state index contributed by atoms with van der Waals surface area (Å²) in [6.45, 7) is 3.71. The maximum absolute atomic E-state index is 13.7. The lowest BCUT2D eigenvalue weighted by atomic mass is 9.75. The fourth-order valence-corrected chi connectivity index (χ4v) is 4.97. The quantitative estimate of drug-likeness (QED) is 0.518. The van der Waals surface area contributed by atoms with Crippen molar-refractivity contribution in [2.45, 2.75) is 45.6 Å². The normalized spacial score (nSPS) is 17.6. The zero-order valence-corrected chi connectivity index (χ0v) is 20.5. The van der Waals surface area contributed by atoms with Crippen LogP contribution in [0.3, 0.4) is 0 Å². The van der Waals surface area contributed by atoms with Gasteiger partial charge in [0.2, 0.25) is 0 Å². The summed E-state index contributed by atoms with van der Waals surface area (Å²) in [5.74, 6) is -0.827. The minimum Gasteiger partial charge on any atom is -0.497 e. The van der Waals surface area contributed by atoms with Crippen molar-refractivity contribution in [3.63, 3.8) is 0 Å². The molecule has 1 aliphatic carbocycles. The number of benzene rings is 2. The first-order chi connectivity index (χ1) is 17.4. The van der Waals surface area contributed by atoms with Gasteiger partial charge in [0, 0.05) is 29.0 Å². The molecule has 36 heavy (non-hydrogen) atoms. The molecule has 0 bridgehead atoms. The number of nitrogens with one attached hydrogen (secondary N) is 1. The molecule has 0 fully saturated rings. The van der Waals surface area contributed by atoms with Gasteiger partial charge in [-0.25, -0.2) is 4.79 Å². The average molecular weight is 486 g/mol. The van der Waals surface area contributed by atoms with Crippen LogP contribution in [0.5, 0.6) is 5.75 Å². The fourth-order valence-electron chi connectivity index (χ4n) is 4.97. The topological polar surface area (TPSA) is 94.8 Å². The van der Waals surface area contributed by atoms with E-state index in [9.17, 15) is 14.4 Å². The molecule has 0 saturated carbocycles. The van der Waals surface area contributed by atoms with Crippen molar-refractivity contribution in [3.05, 3.63) is 98.2 Å². The third kappa shape index (κ3) is 4.21. The molecule has 1 atom stereocenters. The standard InChI is InChI=1S/C29H27NO6/c1-16-7-12-24-20(13-16)28(32)21(15-35-24)26-25(17(2)30-22-5-4-6-23(31)27(22)26)29(33)36-14-18-8-10-19(34-3)11-9-18/h7-13,15,26,30H,4-6,14H2,1-3H3. The Morgan fingerprint density at radius 1 is 1.08 bits per heavy atom. The van der Waals surface area contributed by atoms with Gasteiger partial charge in [-0.1, -0.05) is 23.8 Å². The summed E-state index contributed by atoms with van der Waals surface area (Å²) in [7, 11) is 1.58. The second-order valence-electron chi connectivity index (χ2n) is 9.21. The van der Waals surface area contributed by atoms with Crippen molar-refractivity contribution < 1.29 is 23.5 Å². The van der Waals surface area contributed by atoms with Crippen LogP contribution in [0.4, 0.5) is 0 Å². The van der Waals surface area contributed by atoms with Crippen LogP contribution in [-0.4, -0.2) is 18.9 Å². The van der Waals surface area contributed by atoms with E-state index < -0.39 is 11.9 Å². The van der Waals surface area contributed by atoms with Crippen LogP contribution >= 0.6 is 0 Å². The lowest BCUT2D eigenvalue weighted by Gasteiger charge is -2.33. The number of methoxy groups -OCH3 is 1. The molecule has 1 aromatic heterocycles. The molecule has 0 amide bonds. The lowest BCUT2D eigenvalue weighted by Crippen LogP contribution is -2.36. The second-order valence-corrected chi connectivity index (χ2v) is 9.21. The Morgan fingerprint density at radius 3 is 2.61 bits per heavy atom. The molecule has 2 aromatic carbocycles. The number of fused-ring (bicyclic) bond motifs is 1. The van der Waals surface area contributed by atoms with Gasteiger partial charge in [0.05, 0.1) is 30.3 Å². The smallest absolute Gasteiger partial charge is 0.337 e. The van der Waals surface area contributed by atoms with Gasteiger partial charge in [-0.3, -0.25) is 9.59 Å². The molecule has 7 heteroatoms. The monoisotopic (exact) mass is 485 g/mol. The number of carbonyl (C=O) groups is 2. The molecule has 184 valence electrons. The maximum atomic E-state index is 13.7. The van der Waals surface area contributed by atoms with Crippen molar-refractivity contribution in [2.75, 3.05) is 7.11 Å². The van der Waals surface area contributed by atoms with Crippen molar-refractivity contribution in [1.82, 2.24) is 5.32 Å². The van der Waals surface area contributed by atoms with Crippen LogP contribution in [0.25, 0.3) is 11.0 Å². The van der Waals surface area contributed by atoms with Crippen LogP contribution in [0, 0.1) is 6.92 Å². The molecule has 7 nitrogen and oxygen atoms in total. The van der Waals surface area contributed by atoms with Gasteiger partial charge >= 0.3 is 5.97 Å². The third-order valence-electron chi connectivity index (χ3n) is 6.79. The molecule has 1 unspecified atom stereocenters. The van der Waals surface area contributed by atoms with E-state index in [2.05, 4.69) is 5.32 Å². The number of carbonyl (C=O) groups excluding carboxylic acids is 2. The first kappa shape index (κ1) is 23.6. The largest absolute Gasteiger partial charge is 0.497 e. The molecule has 1 N–H and O–H groups in total. The zero-order valence-electron chi connectivity index (χ0n) is 20.5. The minimum absolute atomic E-state index is 0.0394. The molecule has 0 radical (unpaired) electrons. The molecule has 0 spiro atoms. The number of ketones is 1. The van der Waals surface area contributed by atoms with Gasteiger partial charge in [0.1, 0.15) is 17.9 Å². The Labute approximate surface area is 208 Å². The Bertz CT molecular complexity index is 1490. The summed E-state index contributed by atoms with van der Waals surface area (Å²) in [5, 5.41) is 3.66. The van der Waals surface area contributed by atoms with Gasteiger partial charge in [0.15, 0.2) is 11.2 Å². The number of hydrogen-bond donors (Lipinski definition) is 1. The van der Waals surface area contributed by atoms with Gasteiger partial charge in [-0.15, -0.1) is 0 Å². The number of rotatable bonds is 5.